The van der Waals surface area contributed by atoms with E-state index in [2.05, 4.69) is 24.1 Å². The summed E-state index contributed by atoms with van der Waals surface area (Å²) < 4.78 is 0. The zero-order chi connectivity index (χ0) is 16.7. The minimum atomic E-state index is -0.371. The molecule has 1 fully saturated rings. The van der Waals surface area contributed by atoms with Crippen LogP contribution in [0.4, 0.5) is 5.69 Å². The van der Waals surface area contributed by atoms with Gasteiger partial charge in [0.05, 0.1) is 0 Å². The van der Waals surface area contributed by atoms with E-state index < -0.39 is 0 Å². The summed E-state index contributed by atoms with van der Waals surface area (Å²) in [7, 11) is 0. The number of carbonyl (C=O) groups excluding carboxylic acids is 1. The van der Waals surface area contributed by atoms with E-state index >= 15 is 0 Å². The van der Waals surface area contributed by atoms with Gasteiger partial charge in [-0.1, -0.05) is 31.4 Å². The summed E-state index contributed by atoms with van der Waals surface area (Å²) in [5, 5.41) is 12.9. The monoisotopic (exact) mass is 316 g/mol. The van der Waals surface area contributed by atoms with Gasteiger partial charge in [0.1, 0.15) is 0 Å². The molecule has 0 unspecified atom stereocenters. The van der Waals surface area contributed by atoms with E-state index in [1.807, 2.05) is 24.3 Å². The van der Waals surface area contributed by atoms with Crippen molar-refractivity contribution in [2.75, 3.05) is 18.0 Å². The van der Waals surface area contributed by atoms with Crippen molar-refractivity contribution >= 4 is 17.7 Å². The molecule has 1 aromatic carbocycles. The zero-order valence-electron chi connectivity index (χ0n) is 14.2. The van der Waals surface area contributed by atoms with Crippen LogP contribution in [0.5, 0.6) is 0 Å². The van der Waals surface area contributed by atoms with Crippen LogP contribution in [0.1, 0.15) is 51.5 Å². The van der Waals surface area contributed by atoms with Gasteiger partial charge in [0.25, 0.3) is 5.91 Å². The molecule has 2 rings (SSSR count). The summed E-state index contributed by atoms with van der Waals surface area (Å²) in [4.78, 5) is 14.3. The van der Waals surface area contributed by atoms with E-state index in [1.54, 1.807) is 0 Å². The third-order valence-corrected chi connectivity index (χ3v) is 4.50. The Hall–Kier alpha value is -1.97. The lowest BCUT2D eigenvalue weighted by atomic mass is 9.95. The van der Waals surface area contributed by atoms with Gasteiger partial charge in [0.15, 0.2) is 5.76 Å². The molecule has 0 bridgehead atoms. The largest absolute Gasteiger partial charge is 0.503 e. The first-order valence-electron chi connectivity index (χ1n) is 8.70. The van der Waals surface area contributed by atoms with Crippen molar-refractivity contribution in [1.82, 2.24) is 5.32 Å². The number of benzene rings is 1. The molecule has 1 amide bonds. The Kier molecular flexibility index (Phi) is 6.51. The molecular weight excluding hydrogens is 288 g/mol. The average molecular weight is 316 g/mol. The number of hydrogen-bond donors (Lipinski definition) is 2. The van der Waals surface area contributed by atoms with Crippen LogP contribution in [-0.4, -0.2) is 30.1 Å². The number of nitrogens with one attached hydrogen (secondary N) is 1. The zero-order valence-corrected chi connectivity index (χ0v) is 14.2. The molecule has 0 radical (unpaired) electrons. The van der Waals surface area contributed by atoms with Crippen molar-refractivity contribution in [2.24, 2.45) is 0 Å². The number of rotatable bonds is 6. The second-order valence-electron chi connectivity index (χ2n) is 6.10. The third kappa shape index (κ3) is 5.02. The van der Waals surface area contributed by atoms with Gasteiger partial charge in [-0.05, 0) is 50.5 Å². The Balaban J connectivity index is 1.97. The summed E-state index contributed by atoms with van der Waals surface area (Å²) in [5.41, 5.74) is 1.98. The fraction of sp³-hybridized carbons (Fsp3) is 0.526. The number of hydrogen-bond acceptors (Lipinski definition) is 3. The van der Waals surface area contributed by atoms with Crippen LogP contribution >= 0.6 is 0 Å². The van der Waals surface area contributed by atoms with Gasteiger partial charge in [-0.15, -0.1) is 0 Å². The van der Waals surface area contributed by atoms with E-state index in [1.165, 1.54) is 12.5 Å². The van der Waals surface area contributed by atoms with Crippen molar-refractivity contribution in [1.29, 1.82) is 0 Å². The molecule has 0 aliphatic heterocycles. The van der Waals surface area contributed by atoms with Crippen molar-refractivity contribution in [3.63, 3.8) is 0 Å². The molecule has 2 N–H and O–H groups in total. The summed E-state index contributed by atoms with van der Waals surface area (Å²) in [6, 6.07) is 8.10. The van der Waals surface area contributed by atoms with Gasteiger partial charge in [-0.2, -0.15) is 0 Å². The predicted octanol–water partition coefficient (Wildman–Crippen LogP) is 3.88. The topological polar surface area (TPSA) is 52.6 Å². The van der Waals surface area contributed by atoms with Crippen molar-refractivity contribution in [3.05, 3.63) is 35.6 Å². The molecule has 1 aliphatic carbocycles. The number of aliphatic hydroxyl groups excluding tert-OH is 1. The Bertz CT molecular complexity index is 527. The van der Waals surface area contributed by atoms with Crippen LogP contribution in [0.3, 0.4) is 0 Å². The van der Waals surface area contributed by atoms with Crippen LogP contribution in [0.2, 0.25) is 0 Å². The first-order valence-corrected chi connectivity index (χ1v) is 8.70. The molecule has 1 aliphatic rings. The maximum atomic E-state index is 12.0. The summed E-state index contributed by atoms with van der Waals surface area (Å²) in [6.07, 6.45) is 7.11. The first kappa shape index (κ1) is 17.4. The molecular formula is C19H28N2O2. The Morgan fingerprint density at radius 2 is 1.78 bits per heavy atom. The molecule has 23 heavy (non-hydrogen) atoms. The van der Waals surface area contributed by atoms with Gasteiger partial charge in [-0.3, -0.25) is 4.79 Å². The highest BCUT2D eigenvalue weighted by Crippen LogP contribution is 2.19. The Labute approximate surface area is 139 Å². The summed E-state index contributed by atoms with van der Waals surface area (Å²) >= 11 is 0. The maximum absolute atomic E-state index is 12.0. The minimum absolute atomic E-state index is 0.205. The molecule has 0 saturated heterocycles. The number of nitrogens with zero attached hydrogens (tertiary/aromatic N) is 1. The van der Waals surface area contributed by atoms with Crippen molar-refractivity contribution < 1.29 is 9.90 Å². The molecule has 0 spiro atoms. The van der Waals surface area contributed by atoms with E-state index in [0.717, 1.165) is 50.0 Å². The predicted molar refractivity (Wildman–Crippen MR) is 95.6 cm³/mol. The Morgan fingerprint density at radius 1 is 1.17 bits per heavy atom. The lowest BCUT2D eigenvalue weighted by Crippen LogP contribution is -2.36. The van der Waals surface area contributed by atoms with Gasteiger partial charge in [-0.25, -0.2) is 0 Å². The van der Waals surface area contributed by atoms with Gasteiger partial charge < -0.3 is 15.3 Å². The van der Waals surface area contributed by atoms with Gasteiger partial charge in [0, 0.05) is 24.8 Å². The molecule has 0 heterocycles. The van der Waals surface area contributed by atoms with E-state index in [9.17, 15) is 9.90 Å². The fourth-order valence-corrected chi connectivity index (χ4v) is 3.10. The molecule has 1 saturated carbocycles. The SMILES string of the molecule is CCN(CC)c1ccc(/C=C(/O)C(=O)NC2CCCCC2)cc1. The molecule has 0 atom stereocenters. The second-order valence-corrected chi connectivity index (χ2v) is 6.10. The lowest BCUT2D eigenvalue weighted by Gasteiger charge is -2.22. The number of carbonyl (C=O) groups is 1. The van der Waals surface area contributed by atoms with Crippen LogP contribution in [0.25, 0.3) is 6.08 Å². The highest BCUT2D eigenvalue weighted by Gasteiger charge is 2.17. The average Bonchev–Trinajstić information content (AvgIpc) is 2.58. The number of aliphatic hydroxyl groups is 1. The van der Waals surface area contributed by atoms with Gasteiger partial charge in [0.2, 0.25) is 0 Å². The molecule has 126 valence electrons. The second kappa shape index (κ2) is 8.61. The molecule has 4 nitrogen and oxygen atoms in total. The van der Waals surface area contributed by atoms with Gasteiger partial charge >= 0.3 is 0 Å². The fourth-order valence-electron chi connectivity index (χ4n) is 3.10. The number of anilines is 1. The minimum Gasteiger partial charge on any atom is -0.503 e. The maximum Gasteiger partial charge on any atom is 0.286 e. The lowest BCUT2D eigenvalue weighted by molar-refractivity contribution is -0.120. The van der Waals surface area contributed by atoms with Crippen LogP contribution in [0.15, 0.2) is 30.0 Å². The van der Waals surface area contributed by atoms with Crippen LogP contribution in [-0.2, 0) is 4.79 Å². The van der Waals surface area contributed by atoms with Crippen molar-refractivity contribution in [3.8, 4) is 0 Å². The molecule has 4 heteroatoms. The standard InChI is InChI=1S/C19H28N2O2/c1-3-21(4-2)17-12-10-15(11-13-17)14-18(22)19(23)20-16-8-6-5-7-9-16/h10-14,16,22H,3-9H2,1-2H3,(H,20,23)/b18-14+. The van der Waals surface area contributed by atoms with Crippen LogP contribution in [0, 0.1) is 0 Å². The van der Waals surface area contributed by atoms with E-state index in [-0.39, 0.29) is 17.7 Å². The quantitative estimate of drug-likeness (QED) is 0.618. The van der Waals surface area contributed by atoms with Crippen LogP contribution < -0.4 is 10.2 Å². The Morgan fingerprint density at radius 3 is 2.35 bits per heavy atom. The summed E-state index contributed by atoms with van der Waals surface area (Å²) in [5.74, 6) is -0.587. The summed E-state index contributed by atoms with van der Waals surface area (Å²) in [6.45, 7) is 6.17. The van der Waals surface area contributed by atoms with E-state index in [4.69, 9.17) is 0 Å². The van der Waals surface area contributed by atoms with E-state index in [0.29, 0.717) is 0 Å². The molecule has 0 aromatic heterocycles. The number of amides is 1. The first-order chi connectivity index (χ1) is 11.1. The normalized spacial score (nSPS) is 16.2. The molecule has 1 aromatic rings. The highest BCUT2D eigenvalue weighted by atomic mass is 16.3. The van der Waals surface area contributed by atoms with Crippen molar-refractivity contribution in [2.45, 2.75) is 52.0 Å². The highest BCUT2D eigenvalue weighted by molar-refractivity contribution is 5.95. The smallest absolute Gasteiger partial charge is 0.286 e. The third-order valence-electron chi connectivity index (χ3n) is 4.50.